The molecule has 8 nitrogen and oxygen atoms in total. The molecule has 0 atom stereocenters. The van der Waals surface area contributed by atoms with Gasteiger partial charge in [-0.2, -0.15) is 0 Å². The number of para-hydroxylation sites is 1. The van der Waals surface area contributed by atoms with Crippen LogP contribution in [-0.2, 0) is 6.54 Å². The SMILES string of the molecule is O=C(O)Oc1ccc(-c2ccccc2OCCCCCCn2cc(-c3cccnc3)nn2)cc1. The monoisotopic (exact) mass is 458 g/mol. The molecule has 4 rings (SSSR count). The van der Waals surface area contributed by atoms with Crippen LogP contribution in [0.25, 0.3) is 22.4 Å². The van der Waals surface area contributed by atoms with Gasteiger partial charge in [0, 0.05) is 30.1 Å². The molecule has 0 saturated carbocycles. The number of hydrogen-bond donors (Lipinski definition) is 1. The predicted octanol–water partition coefficient (Wildman–Crippen LogP) is 5.70. The van der Waals surface area contributed by atoms with Crippen molar-refractivity contribution in [3.8, 4) is 33.9 Å². The summed E-state index contributed by atoms with van der Waals surface area (Å²) in [4.78, 5) is 14.8. The van der Waals surface area contributed by atoms with E-state index in [1.54, 1.807) is 24.5 Å². The number of benzene rings is 2. The first kappa shape index (κ1) is 23.0. The van der Waals surface area contributed by atoms with E-state index < -0.39 is 6.16 Å². The van der Waals surface area contributed by atoms with Gasteiger partial charge in [0.05, 0.1) is 12.8 Å². The lowest BCUT2D eigenvalue weighted by molar-refractivity contribution is 0.144. The van der Waals surface area contributed by atoms with Crippen LogP contribution in [0.1, 0.15) is 25.7 Å². The summed E-state index contributed by atoms with van der Waals surface area (Å²) in [6.07, 6.45) is 8.29. The van der Waals surface area contributed by atoms with Crippen LogP contribution in [0, 0.1) is 0 Å². The number of nitrogens with zero attached hydrogens (tertiary/aromatic N) is 4. The molecule has 0 aliphatic carbocycles. The molecule has 2 aromatic carbocycles. The van der Waals surface area contributed by atoms with Crippen molar-refractivity contribution in [2.24, 2.45) is 0 Å². The van der Waals surface area contributed by atoms with Crippen LogP contribution in [0.4, 0.5) is 4.79 Å². The van der Waals surface area contributed by atoms with Gasteiger partial charge in [-0.3, -0.25) is 9.67 Å². The van der Waals surface area contributed by atoms with E-state index in [1.165, 1.54) is 0 Å². The second kappa shape index (κ2) is 11.6. The standard InChI is InChI=1S/C26H26N4O4/c31-26(32)34-22-13-11-20(12-14-22)23-9-3-4-10-25(23)33-17-6-2-1-5-16-30-19-24(28-29-30)21-8-7-15-27-18-21/h3-4,7-15,18-19H,1-2,5-6,16-17H2,(H,31,32). The van der Waals surface area contributed by atoms with Gasteiger partial charge in [-0.15, -0.1) is 5.10 Å². The van der Waals surface area contributed by atoms with E-state index in [0.717, 1.165) is 60.4 Å². The van der Waals surface area contributed by atoms with Gasteiger partial charge < -0.3 is 14.6 Å². The highest BCUT2D eigenvalue weighted by molar-refractivity contribution is 5.71. The van der Waals surface area contributed by atoms with E-state index >= 15 is 0 Å². The van der Waals surface area contributed by atoms with Crippen molar-refractivity contribution in [1.29, 1.82) is 0 Å². The Labute approximate surface area is 197 Å². The van der Waals surface area contributed by atoms with E-state index in [-0.39, 0.29) is 5.75 Å². The number of hydrogen-bond acceptors (Lipinski definition) is 6. The van der Waals surface area contributed by atoms with Gasteiger partial charge in [0.1, 0.15) is 17.2 Å². The van der Waals surface area contributed by atoms with Gasteiger partial charge in [-0.25, -0.2) is 4.79 Å². The quantitative estimate of drug-likeness (QED) is 0.175. The molecular formula is C26H26N4O4. The predicted molar refractivity (Wildman–Crippen MR) is 128 cm³/mol. The van der Waals surface area contributed by atoms with Crippen molar-refractivity contribution in [3.05, 3.63) is 79.3 Å². The Balaban J connectivity index is 1.19. The molecule has 8 heteroatoms. The van der Waals surface area contributed by atoms with Gasteiger partial charge in [0.2, 0.25) is 0 Å². The lowest BCUT2D eigenvalue weighted by Gasteiger charge is -2.12. The van der Waals surface area contributed by atoms with Crippen LogP contribution >= 0.6 is 0 Å². The Morgan fingerprint density at radius 3 is 2.53 bits per heavy atom. The number of rotatable bonds is 11. The summed E-state index contributed by atoms with van der Waals surface area (Å²) < 4.78 is 12.6. The van der Waals surface area contributed by atoms with Crippen LogP contribution < -0.4 is 9.47 Å². The molecule has 0 fully saturated rings. The first-order valence-electron chi connectivity index (χ1n) is 11.2. The molecule has 2 aromatic heterocycles. The molecule has 34 heavy (non-hydrogen) atoms. The zero-order chi connectivity index (χ0) is 23.6. The van der Waals surface area contributed by atoms with Crippen molar-refractivity contribution in [2.75, 3.05) is 6.61 Å². The van der Waals surface area contributed by atoms with Gasteiger partial charge in [-0.05, 0) is 55.2 Å². The van der Waals surface area contributed by atoms with Gasteiger partial charge in [-0.1, -0.05) is 42.0 Å². The summed E-state index contributed by atoms with van der Waals surface area (Å²) in [5.74, 6) is 1.09. The highest BCUT2D eigenvalue weighted by Crippen LogP contribution is 2.31. The number of aryl methyl sites for hydroxylation is 1. The fraction of sp³-hybridized carbons (Fsp3) is 0.231. The minimum absolute atomic E-state index is 0.286. The molecular weight excluding hydrogens is 432 g/mol. The topological polar surface area (TPSA) is 99.4 Å². The molecule has 0 bridgehead atoms. The first-order chi connectivity index (χ1) is 16.7. The summed E-state index contributed by atoms with van der Waals surface area (Å²) in [7, 11) is 0. The smallest absolute Gasteiger partial charge is 0.493 e. The molecule has 0 radical (unpaired) electrons. The fourth-order valence-electron chi connectivity index (χ4n) is 3.60. The van der Waals surface area contributed by atoms with E-state index in [0.29, 0.717) is 6.61 Å². The molecule has 0 unspecified atom stereocenters. The van der Waals surface area contributed by atoms with E-state index in [4.69, 9.17) is 9.84 Å². The molecule has 0 aliphatic rings. The van der Waals surface area contributed by atoms with E-state index in [9.17, 15) is 4.79 Å². The van der Waals surface area contributed by atoms with Crippen LogP contribution in [0.15, 0.2) is 79.3 Å². The number of carbonyl (C=O) groups is 1. The van der Waals surface area contributed by atoms with Crippen LogP contribution in [0.5, 0.6) is 11.5 Å². The third-order valence-corrected chi connectivity index (χ3v) is 5.29. The highest BCUT2D eigenvalue weighted by Gasteiger charge is 2.08. The molecule has 0 amide bonds. The summed E-state index contributed by atoms with van der Waals surface area (Å²) in [6, 6.07) is 18.6. The average molecular weight is 459 g/mol. The summed E-state index contributed by atoms with van der Waals surface area (Å²) in [6.45, 7) is 1.46. The van der Waals surface area contributed by atoms with Crippen molar-refractivity contribution >= 4 is 6.16 Å². The van der Waals surface area contributed by atoms with Crippen molar-refractivity contribution in [1.82, 2.24) is 20.0 Å². The number of pyridine rings is 1. The number of carboxylic acid groups (broad SMARTS) is 1. The first-order valence-corrected chi connectivity index (χ1v) is 11.2. The number of aromatic nitrogens is 4. The van der Waals surface area contributed by atoms with E-state index in [1.807, 2.05) is 59.4 Å². The van der Waals surface area contributed by atoms with E-state index in [2.05, 4.69) is 20.0 Å². The van der Waals surface area contributed by atoms with Crippen LogP contribution in [0.3, 0.4) is 0 Å². The molecule has 1 N–H and O–H groups in total. The molecule has 4 aromatic rings. The third-order valence-electron chi connectivity index (χ3n) is 5.29. The maximum absolute atomic E-state index is 10.7. The summed E-state index contributed by atoms with van der Waals surface area (Å²) in [5, 5.41) is 17.1. The average Bonchev–Trinajstić information content (AvgIpc) is 3.33. The number of ether oxygens (including phenoxy) is 2. The molecule has 174 valence electrons. The zero-order valence-electron chi connectivity index (χ0n) is 18.7. The van der Waals surface area contributed by atoms with Gasteiger partial charge >= 0.3 is 6.16 Å². The minimum Gasteiger partial charge on any atom is -0.493 e. The molecule has 0 spiro atoms. The Hall–Kier alpha value is -4.20. The Morgan fingerprint density at radius 1 is 0.912 bits per heavy atom. The van der Waals surface area contributed by atoms with Crippen LogP contribution in [-0.4, -0.2) is 37.8 Å². The van der Waals surface area contributed by atoms with Crippen molar-refractivity contribution in [2.45, 2.75) is 32.2 Å². The van der Waals surface area contributed by atoms with Crippen molar-refractivity contribution < 1.29 is 19.4 Å². The fourth-order valence-corrected chi connectivity index (χ4v) is 3.60. The highest BCUT2D eigenvalue weighted by atomic mass is 16.7. The molecule has 0 aliphatic heterocycles. The second-order valence-corrected chi connectivity index (χ2v) is 7.76. The lowest BCUT2D eigenvalue weighted by atomic mass is 10.0. The molecule has 2 heterocycles. The Kier molecular flexibility index (Phi) is 7.84. The Bertz CT molecular complexity index is 1190. The lowest BCUT2D eigenvalue weighted by Crippen LogP contribution is -2.02. The van der Waals surface area contributed by atoms with Gasteiger partial charge in [0.25, 0.3) is 0 Å². The zero-order valence-corrected chi connectivity index (χ0v) is 18.7. The molecule has 0 saturated heterocycles. The van der Waals surface area contributed by atoms with Crippen molar-refractivity contribution in [3.63, 3.8) is 0 Å². The number of unbranched alkanes of at least 4 members (excludes halogenated alkanes) is 3. The maximum atomic E-state index is 10.7. The largest absolute Gasteiger partial charge is 0.511 e. The van der Waals surface area contributed by atoms with Crippen LogP contribution in [0.2, 0.25) is 0 Å². The maximum Gasteiger partial charge on any atom is 0.511 e. The Morgan fingerprint density at radius 2 is 1.74 bits per heavy atom. The van der Waals surface area contributed by atoms with Gasteiger partial charge in [0.15, 0.2) is 0 Å². The normalized spacial score (nSPS) is 10.7. The summed E-state index contributed by atoms with van der Waals surface area (Å²) >= 11 is 0. The second-order valence-electron chi connectivity index (χ2n) is 7.76. The minimum atomic E-state index is -1.33. The summed E-state index contributed by atoms with van der Waals surface area (Å²) in [5.41, 5.74) is 3.70. The third kappa shape index (κ3) is 6.41.